The van der Waals surface area contributed by atoms with Gasteiger partial charge in [0, 0.05) is 19.0 Å². The molecule has 186 valence electrons. The highest BCUT2D eigenvalue weighted by molar-refractivity contribution is 5.82. The lowest BCUT2D eigenvalue weighted by Gasteiger charge is -2.17. The van der Waals surface area contributed by atoms with Gasteiger partial charge >= 0.3 is 12.1 Å². The monoisotopic (exact) mass is 480 g/mol. The molecule has 1 heterocycles. The molecule has 3 unspecified atom stereocenters. The summed E-state index contributed by atoms with van der Waals surface area (Å²) in [7, 11) is 0. The number of amides is 2. The second-order valence-corrected chi connectivity index (χ2v) is 9.10. The lowest BCUT2D eigenvalue weighted by Crippen LogP contribution is -2.40. The van der Waals surface area contributed by atoms with E-state index >= 15 is 0 Å². The highest BCUT2D eigenvalue weighted by Gasteiger charge is 2.32. The average Bonchev–Trinajstić information content (AvgIpc) is 3.47. The first-order valence-corrected chi connectivity index (χ1v) is 12.2. The maximum atomic E-state index is 12.4. The number of carbonyl (C=O) groups is 3. The van der Waals surface area contributed by atoms with Gasteiger partial charge < -0.3 is 25.2 Å². The minimum Gasteiger partial charge on any atom is -0.481 e. The standard InChI is InChI=1S/C27H32N2O6/c1-2-7-17(26(31)32)14-28-25(30)24-13-12-18(35-24)15-29-27(33)34-16-23-21-10-5-3-8-19(21)20-9-4-6-11-22(20)23/h3-6,8-11,17-18,23-24H,2,7,12-16H2,1H3,(H,28,30)(H,29,33)(H,31,32). The zero-order valence-electron chi connectivity index (χ0n) is 19.9. The second-order valence-electron chi connectivity index (χ2n) is 9.10. The lowest BCUT2D eigenvalue weighted by atomic mass is 9.98. The van der Waals surface area contributed by atoms with Crippen LogP contribution < -0.4 is 10.6 Å². The van der Waals surface area contributed by atoms with Crippen LogP contribution in [-0.4, -0.2) is 55.0 Å². The number of nitrogens with one attached hydrogen (secondary N) is 2. The van der Waals surface area contributed by atoms with Gasteiger partial charge in [0.05, 0.1) is 12.0 Å². The smallest absolute Gasteiger partial charge is 0.407 e. The van der Waals surface area contributed by atoms with Crippen molar-refractivity contribution in [1.82, 2.24) is 10.6 Å². The normalized spacial score (nSPS) is 19.5. The Kier molecular flexibility index (Phi) is 8.02. The van der Waals surface area contributed by atoms with Crippen LogP contribution in [0.1, 0.15) is 49.7 Å². The molecule has 0 radical (unpaired) electrons. The van der Waals surface area contributed by atoms with Gasteiger partial charge in [-0.3, -0.25) is 9.59 Å². The molecule has 2 aliphatic rings. The second kappa shape index (κ2) is 11.4. The van der Waals surface area contributed by atoms with Gasteiger partial charge in [-0.05, 0) is 41.5 Å². The predicted octanol–water partition coefficient (Wildman–Crippen LogP) is 3.69. The third kappa shape index (κ3) is 5.82. The molecule has 8 nitrogen and oxygen atoms in total. The molecule has 8 heteroatoms. The van der Waals surface area contributed by atoms with Crippen molar-refractivity contribution in [3.8, 4) is 11.1 Å². The van der Waals surface area contributed by atoms with Crippen molar-refractivity contribution in [2.24, 2.45) is 5.92 Å². The summed E-state index contributed by atoms with van der Waals surface area (Å²) < 4.78 is 11.3. The number of benzene rings is 2. The Morgan fingerprint density at radius 2 is 1.69 bits per heavy atom. The largest absolute Gasteiger partial charge is 0.481 e. The van der Waals surface area contributed by atoms with E-state index < -0.39 is 24.1 Å². The fraction of sp³-hybridized carbons (Fsp3) is 0.444. The number of aliphatic carboxylic acids is 1. The van der Waals surface area contributed by atoms with Crippen LogP contribution in [0.4, 0.5) is 4.79 Å². The molecule has 2 aromatic rings. The van der Waals surface area contributed by atoms with Gasteiger partial charge in [0.1, 0.15) is 12.7 Å². The van der Waals surface area contributed by atoms with Gasteiger partial charge in [-0.25, -0.2) is 4.79 Å². The first-order chi connectivity index (χ1) is 17.0. The molecule has 1 aliphatic heterocycles. The molecule has 1 fully saturated rings. The van der Waals surface area contributed by atoms with Crippen molar-refractivity contribution >= 4 is 18.0 Å². The Bertz CT molecular complexity index is 1030. The summed E-state index contributed by atoms with van der Waals surface area (Å²) in [5, 5.41) is 14.7. The zero-order chi connectivity index (χ0) is 24.8. The maximum absolute atomic E-state index is 12.4. The minimum absolute atomic E-state index is 0.00806. The summed E-state index contributed by atoms with van der Waals surface area (Å²) in [6.07, 6.45) is 0.933. The third-order valence-electron chi connectivity index (χ3n) is 6.73. The molecule has 1 aliphatic carbocycles. The number of alkyl carbamates (subject to hydrolysis) is 1. The molecule has 1 saturated heterocycles. The molecule has 3 atom stereocenters. The number of carboxylic acid groups (broad SMARTS) is 1. The number of carbonyl (C=O) groups excluding carboxylic acids is 2. The van der Waals surface area contributed by atoms with Gasteiger partial charge in [-0.2, -0.15) is 0 Å². The van der Waals surface area contributed by atoms with Gasteiger partial charge in [0.15, 0.2) is 0 Å². The van der Waals surface area contributed by atoms with E-state index in [1.54, 1.807) is 0 Å². The molecule has 0 bridgehead atoms. The van der Waals surface area contributed by atoms with E-state index in [4.69, 9.17) is 9.47 Å². The van der Waals surface area contributed by atoms with E-state index in [9.17, 15) is 19.5 Å². The van der Waals surface area contributed by atoms with Crippen molar-refractivity contribution in [1.29, 1.82) is 0 Å². The SMILES string of the molecule is CCCC(CNC(=O)C1CCC(CNC(=O)OCC2c3ccccc3-c3ccccc32)O1)C(=O)O. The fourth-order valence-corrected chi connectivity index (χ4v) is 4.89. The fourth-order valence-electron chi connectivity index (χ4n) is 4.89. The van der Waals surface area contributed by atoms with Gasteiger partial charge in [0.25, 0.3) is 0 Å². The molecular weight excluding hydrogens is 448 g/mol. The number of fused-ring (bicyclic) bond motifs is 3. The molecule has 2 aromatic carbocycles. The van der Waals surface area contributed by atoms with Crippen LogP contribution in [0.2, 0.25) is 0 Å². The van der Waals surface area contributed by atoms with Crippen LogP contribution in [0.25, 0.3) is 11.1 Å². The Morgan fingerprint density at radius 3 is 2.31 bits per heavy atom. The first kappa shape index (κ1) is 24.7. The minimum atomic E-state index is -0.912. The zero-order valence-corrected chi connectivity index (χ0v) is 19.9. The van der Waals surface area contributed by atoms with Gasteiger partial charge in [-0.1, -0.05) is 61.9 Å². The van der Waals surface area contributed by atoms with Crippen LogP contribution in [0.15, 0.2) is 48.5 Å². The molecule has 3 N–H and O–H groups in total. The molecule has 2 amide bonds. The Balaban J connectivity index is 1.21. The van der Waals surface area contributed by atoms with Crippen LogP contribution in [-0.2, 0) is 19.1 Å². The average molecular weight is 481 g/mol. The number of rotatable bonds is 10. The van der Waals surface area contributed by atoms with Crippen LogP contribution in [0.3, 0.4) is 0 Å². The summed E-state index contributed by atoms with van der Waals surface area (Å²) in [5.74, 6) is -1.83. The Hall–Kier alpha value is -3.39. The highest BCUT2D eigenvalue weighted by atomic mass is 16.5. The quantitative estimate of drug-likeness (QED) is 0.478. The van der Waals surface area contributed by atoms with Crippen LogP contribution >= 0.6 is 0 Å². The van der Waals surface area contributed by atoms with E-state index in [0.29, 0.717) is 19.3 Å². The summed E-state index contributed by atoms with van der Waals surface area (Å²) in [5.41, 5.74) is 4.65. The first-order valence-electron chi connectivity index (χ1n) is 12.2. The summed E-state index contributed by atoms with van der Waals surface area (Å²) in [4.78, 5) is 36.0. The summed E-state index contributed by atoms with van der Waals surface area (Å²) in [6, 6.07) is 16.3. The van der Waals surface area contributed by atoms with Crippen molar-refractivity contribution in [2.45, 2.75) is 50.7 Å². The molecule has 0 spiro atoms. The van der Waals surface area contributed by atoms with Crippen molar-refractivity contribution in [3.63, 3.8) is 0 Å². The Labute approximate surface area is 205 Å². The summed E-state index contributed by atoms with van der Waals surface area (Å²) >= 11 is 0. The highest BCUT2D eigenvalue weighted by Crippen LogP contribution is 2.44. The predicted molar refractivity (Wildman–Crippen MR) is 130 cm³/mol. The molecule has 4 rings (SSSR count). The summed E-state index contributed by atoms with van der Waals surface area (Å²) in [6.45, 7) is 2.48. The van der Waals surface area contributed by atoms with E-state index in [1.165, 1.54) is 11.1 Å². The maximum Gasteiger partial charge on any atom is 0.407 e. The van der Waals surface area contributed by atoms with E-state index in [2.05, 4.69) is 34.9 Å². The number of carboxylic acids is 1. The van der Waals surface area contributed by atoms with E-state index in [-0.39, 0.29) is 37.6 Å². The van der Waals surface area contributed by atoms with Crippen molar-refractivity contribution in [3.05, 3.63) is 59.7 Å². The van der Waals surface area contributed by atoms with Crippen molar-refractivity contribution in [2.75, 3.05) is 19.7 Å². The van der Waals surface area contributed by atoms with Crippen LogP contribution in [0.5, 0.6) is 0 Å². The molecule has 35 heavy (non-hydrogen) atoms. The van der Waals surface area contributed by atoms with E-state index in [1.807, 2.05) is 31.2 Å². The van der Waals surface area contributed by atoms with Crippen molar-refractivity contribution < 1.29 is 29.0 Å². The molecule has 0 saturated carbocycles. The van der Waals surface area contributed by atoms with E-state index in [0.717, 1.165) is 17.5 Å². The topological polar surface area (TPSA) is 114 Å². The Morgan fingerprint density at radius 1 is 1.03 bits per heavy atom. The van der Waals surface area contributed by atoms with Gasteiger partial charge in [-0.15, -0.1) is 0 Å². The number of hydrogen-bond acceptors (Lipinski definition) is 5. The molecular formula is C27H32N2O6. The number of hydrogen-bond donors (Lipinski definition) is 3. The molecule has 0 aromatic heterocycles. The lowest BCUT2D eigenvalue weighted by molar-refractivity contribution is -0.142. The number of ether oxygens (including phenoxy) is 2. The third-order valence-corrected chi connectivity index (χ3v) is 6.73. The van der Waals surface area contributed by atoms with Crippen LogP contribution in [0, 0.1) is 5.92 Å². The van der Waals surface area contributed by atoms with Gasteiger partial charge in [0.2, 0.25) is 5.91 Å².